The normalized spacial score (nSPS) is 10.9. The summed E-state index contributed by atoms with van der Waals surface area (Å²) in [7, 11) is 1.42. The molecule has 0 aliphatic carbocycles. The van der Waals surface area contributed by atoms with Crippen molar-refractivity contribution < 1.29 is 14.6 Å². The molecule has 138 valence electrons. The highest BCUT2D eigenvalue weighted by atomic mass is 35.5. The minimum atomic E-state index is -0.404. The molecule has 0 atom stereocenters. The average molecular weight is 402 g/mol. The zero-order valence-electron chi connectivity index (χ0n) is 14.6. The number of aromatic hydroxyl groups is 1. The molecule has 2 aromatic carbocycles. The number of hydrogen-bond donors (Lipinski definition) is 2. The summed E-state index contributed by atoms with van der Waals surface area (Å²) in [6.07, 6.45) is 1.41. The number of rotatable bonds is 5. The van der Waals surface area contributed by atoms with Gasteiger partial charge in [0, 0.05) is 10.4 Å². The smallest absolute Gasteiger partial charge is 0.291 e. The highest BCUT2D eigenvalue weighted by Crippen LogP contribution is 2.34. The van der Waals surface area contributed by atoms with Gasteiger partial charge in [-0.05, 0) is 24.6 Å². The number of methoxy groups -OCH3 is 1. The number of carbonyl (C=O) groups excluding carboxylic acids is 1. The first-order chi connectivity index (χ1) is 13.0. The fourth-order valence-corrected chi connectivity index (χ4v) is 3.49. The highest BCUT2D eigenvalue weighted by molar-refractivity contribution is 7.15. The molecule has 1 amide bonds. The Labute approximate surface area is 165 Å². The summed E-state index contributed by atoms with van der Waals surface area (Å²) in [6, 6.07) is 12.7. The second-order valence-corrected chi connectivity index (χ2v) is 7.15. The number of benzene rings is 2. The van der Waals surface area contributed by atoms with E-state index in [-0.39, 0.29) is 16.5 Å². The number of aryl methyl sites for hydroxylation is 1. The van der Waals surface area contributed by atoms with E-state index in [1.54, 1.807) is 6.07 Å². The van der Waals surface area contributed by atoms with Crippen LogP contribution in [0.5, 0.6) is 11.5 Å². The number of hydrazone groups is 1. The van der Waals surface area contributed by atoms with Gasteiger partial charge in [-0.3, -0.25) is 4.79 Å². The minimum absolute atomic E-state index is 0.130. The zero-order valence-corrected chi connectivity index (χ0v) is 16.1. The van der Waals surface area contributed by atoms with Crippen LogP contribution in [0.25, 0.3) is 10.6 Å². The standard InChI is InChI=1S/C19H16ClN3O3S/c1-11-16(22-19(27-11)13-6-4-3-5-7-13)18(25)23-21-10-12-8-14(20)17(24)15(9-12)26-2/h3-10,24H,1-2H3,(H,23,25)/b21-10-. The van der Waals surface area contributed by atoms with Crippen LogP contribution in [0, 0.1) is 6.92 Å². The second-order valence-electron chi connectivity index (χ2n) is 5.54. The number of amides is 1. The first kappa shape index (κ1) is 18.9. The molecule has 0 radical (unpaired) electrons. The van der Waals surface area contributed by atoms with Gasteiger partial charge in [-0.15, -0.1) is 11.3 Å². The molecule has 0 aliphatic rings. The third-order valence-corrected chi connectivity index (χ3v) is 4.99. The number of hydrogen-bond acceptors (Lipinski definition) is 6. The topological polar surface area (TPSA) is 83.8 Å². The Morgan fingerprint density at radius 1 is 1.33 bits per heavy atom. The Morgan fingerprint density at radius 3 is 2.78 bits per heavy atom. The Balaban J connectivity index is 1.74. The maximum absolute atomic E-state index is 12.4. The van der Waals surface area contributed by atoms with Gasteiger partial charge in [0.15, 0.2) is 11.5 Å². The largest absolute Gasteiger partial charge is 0.503 e. The number of carbonyl (C=O) groups is 1. The molecule has 1 aromatic heterocycles. The molecule has 27 heavy (non-hydrogen) atoms. The highest BCUT2D eigenvalue weighted by Gasteiger charge is 2.16. The quantitative estimate of drug-likeness (QED) is 0.494. The lowest BCUT2D eigenvalue weighted by Crippen LogP contribution is -2.18. The fourth-order valence-electron chi connectivity index (χ4n) is 2.35. The summed E-state index contributed by atoms with van der Waals surface area (Å²) in [5.74, 6) is -0.330. The van der Waals surface area contributed by atoms with Gasteiger partial charge in [0.05, 0.1) is 18.3 Å². The van der Waals surface area contributed by atoms with E-state index in [1.807, 2.05) is 37.3 Å². The summed E-state index contributed by atoms with van der Waals surface area (Å²) in [5, 5.41) is 14.6. The maximum Gasteiger partial charge on any atom is 0.291 e. The average Bonchev–Trinajstić information content (AvgIpc) is 3.07. The van der Waals surface area contributed by atoms with Gasteiger partial charge in [0.1, 0.15) is 10.7 Å². The lowest BCUT2D eigenvalue weighted by atomic mass is 10.2. The van der Waals surface area contributed by atoms with Crippen LogP contribution in [0.15, 0.2) is 47.6 Å². The van der Waals surface area contributed by atoms with Crippen LogP contribution in [0.2, 0.25) is 5.02 Å². The lowest BCUT2D eigenvalue weighted by Gasteiger charge is -2.05. The van der Waals surface area contributed by atoms with E-state index in [2.05, 4.69) is 15.5 Å². The molecule has 2 N–H and O–H groups in total. The molecule has 0 bridgehead atoms. The monoisotopic (exact) mass is 401 g/mol. The van der Waals surface area contributed by atoms with E-state index < -0.39 is 5.91 Å². The zero-order chi connectivity index (χ0) is 19.4. The first-order valence-electron chi connectivity index (χ1n) is 7.92. The Kier molecular flexibility index (Phi) is 5.73. The van der Waals surface area contributed by atoms with E-state index in [4.69, 9.17) is 16.3 Å². The molecule has 0 fully saturated rings. The summed E-state index contributed by atoms with van der Waals surface area (Å²) < 4.78 is 5.03. The third-order valence-electron chi connectivity index (χ3n) is 3.68. The molecule has 8 heteroatoms. The van der Waals surface area contributed by atoms with Gasteiger partial charge in [-0.25, -0.2) is 10.4 Å². The first-order valence-corrected chi connectivity index (χ1v) is 9.11. The van der Waals surface area contributed by atoms with Crippen molar-refractivity contribution in [1.29, 1.82) is 0 Å². The van der Waals surface area contributed by atoms with Crippen molar-refractivity contribution >= 4 is 35.1 Å². The Morgan fingerprint density at radius 2 is 2.07 bits per heavy atom. The number of nitrogens with zero attached hydrogens (tertiary/aromatic N) is 2. The fraction of sp³-hybridized carbons (Fsp3) is 0.105. The van der Waals surface area contributed by atoms with Crippen molar-refractivity contribution in [2.45, 2.75) is 6.92 Å². The minimum Gasteiger partial charge on any atom is -0.503 e. The SMILES string of the molecule is COc1cc(/C=N\NC(=O)c2nc(-c3ccccc3)sc2C)cc(Cl)c1O. The van der Waals surface area contributed by atoms with Gasteiger partial charge in [0.25, 0.3) is 5.91 Å². The molecular weight excluding hydrogens is 386 g/mol. The van der Waals surface area contributed by atoms with Crippen molar-refractivity contribution in [2.24, 2.45) is 5.10 Å². The maximum atomic E-state index is 12.4. The van der Waals surface area contributed by atoms with Gasteiger partial charge in [-0.1, -0.05) is 41.9 Å². The molecule has 0 aliphatic heterocycles. The summed E-state index contributed by atoms with van der Waals surface area (Å²) in [4.78, 5) is 17.6. The predicted molar refractivity (Wildman–Crippen MR) is 107 cm³/mol. The van der Waals surface area contributed by atoms with E-state index in [9.17, 15) is 9.90 Å². The molecule has 3 rings (SSSR count). The second kappa shape index (κ2) is 8.20. The summed E-state index contributed by atoms with van der Waals surface area (Å²) in [6.45, 7) is 1.84. The van der Waals surface area contributed by atoms with E-state index in [0.717, 1.165) is 15.4 Å². The molecule has 1 heterocycles. The summed E-state index contributed by atoms with van der Waals surface area (Å²) >= 11 is 7.38. The van der Waals surface area contributed by atoms with Crippen molar-refractivity contribution in [1.82, 2.24) is 10.4 Å². The molecule has 3 aromatic rings. The van der Waals surface area contributed by atoms with E-state index in [0.29, 0.717) is 11.3 Å². The Hall–Kier alpha value is -2.90. The number of ether oxygens (including phenoxy) is 1. The van der Waals surface area contributed by atoms with Crippen LogP contribution in [-0.2, 0) is 0 Å². The number of thiazole rings is 1. The molecular formula is C19H16ClN3O3S. The number of phenolic OH excluding ortho intramolecular Hbond substituents is 1. The molecule has 0 spiro atoms. The van der Waals surface area contributed by atoms with Crippen LogP contribution in [0.3, 0.4) is 0 Å². The predicted octanol–water partition coefficient (Wildman–Crippen LogP) is 4.25. The van der Waals surface area contributed by atoms with Crippen molar-refractivity contribution in [2.75, 3.05) is 7.11 Å². The van der Waals surface area contributed by atoms with E-state index >= 15 is 0 Å². The third kappa shape index (κ3) is 4.27. The van der Waals surface area contributed by atoms with Crippen molar-refractivity contribution in [3.8, 4) is 22.1 Å². The van der Waals surface area contributed by atoms with Crippen LogP contribution < -0.4 is 10.2 Å². The molecule has 0 saturated carbocycles. The Bertz CT molecular complexity index is 1000. The van der Waals surface area contributed by atoms with Crippen molar-refractivity contribution in [3.63, 3.8) is 0 Å². The lowest BCUT2D eigenvalue weighted by molar-refractivity contribution is 0.0950. The number of nitrogens with one attached hydrogen (secondary N) is 1. The number of phenols is 1. The molecule has 0 saturated heterocycles. The number of halogens is 1. The van der Waals surface area contributed by atoms with Crippen LogP contribution in [-0.4, -0.2) is 29.3 Å². The van der Waals surface area contributed by atoms with Crippen LogP contribution >= 0.6 is 22.9 Å². The van der Waals surface area contributed by atoms with Crippen LogP contribution in [0.1, 0.15) is 20.9 Å². The molecule has 0 unspecified atom stereocenters. The molecule has 6 nitrogen and oxygen atoms in total. The van der Waals surface area contributed by atoms with Gasteiger partial charge in [0.2, 0.25) is 0 Å². The van der Waals surface area contributed by atoms with Gasteiger partial charge >= 0.3 is 0 Å². The van der Waals surface area contributed by atoms with Gasteiger partial charge < -0.3 is 9.84 Å². The van der Waals surface area contributed by atoms with Crippen molar-refractivity contribution in [3.05, 3.63) is 63.6 Å². The number of aromatic nitrogens is 1. The van der Waals surface area contributed by atoms with Crippen LogP contribution in [0.4, 0.5) is 0 Å². The van der Waals surface area contributed by atoms with E-state index in [1.165, 1.54) is 30.7 Å². The van der Waals surface area contributed by atoms with Gasteiger partial charge in [-0.2, -0.15) is 5.10 Å². The summed E-state index contributed by atoms with van der Waals surface area (Å²) in [5.41, 5.74) is 4.31.